The average Bonchev–Trinajstić information content (AvgIpc) is 2.27. The van der Waals surface area contributed by atoms with E-state index < -0.39 is 0 Å². The van der Waals surface area contributed by atoms with Gasteiger partial charge in [0.25, 0.3) is 0 Å². The highest BCUT2D eigenvalue weighted by atomic mass is 16.2. The molecule has 0 aliphatic carbocycles. The molecular formula is C4H10N2O. The van der Waals surface area contributed by atoms with E-state index in [0.717, 1.165) is 0 Å². The van der Waals surface area contributed by atoms with E-state index in [1.54, 1.807) is 0 Å². The Kier molecular flexibility index (Phi) is 2.37. The fourth-order valence-electron chi connectivity index (χ4n) is 0.172. The van der Waals surface area contributed by atoms with Crippen molar-refractivity contribution < 1.29 is 4.79 Å². The topological polar surface area (TPSA) is 65.0 Å². The van der Waals surface area contributed by atoms with Gasteiger partial charge in [-0.2, -0.15) is 0 Å². The average molecular weight is 102 g/mol. The van der Waals surface area contributed by atoms with Crippen molar-refractivity contribution in [2.24, 2.45) is 5.73 Å². The number of amides is 1. The fraction of sp³-hybridized carbons (Fsp3) is 0.750. The summed E-state index contributed by atoms with van der Waals surface area (Å²) in [6, 6.07) is 0.162. The van der Waals surface area contributed by atoms with Crippen molar-refractivity contribution in [3.8, 4) is 0 Å². The van der Waals surface area contributed by atoms with E-state index in [1.165, 1.54) is 7.05 Å². The van der Waals surface area contributed by atoms with Crippen molar-refractivity contribution in [2.75, 3.05) is 7.05 Å². The van der Waals surface area contributed by atoms with Crippen LogP contribution < -0.4 is 11.1 Å². The van der Waals surface area contributed by atoms with Crippen LogP contribution in [0.2, 0.25) is 0 Å². The quantitative estimate of drug-likeness (QED) is 0.388. The molecule has 0 aromatic rings. The second-order valence-electron chi connectivity index (χ2n) is 1.23. The number of carbonyl (C=O) groups excluding carboxylic acids is 1. The lowest BCUT2D eigenvalue weighted by Crippen LogP contribution is -1.73. The molecule has 3 nitrogen and oxygen atoms in total. The van der Waals surface area contributed by atoms with Gasteiger partial charge in [-0.3, -0.25) is 4.79 Å². The molecule has 1 unspecified atom stereocenters. The largest absolute Gasteiger partial charge is 0.343 e. The summed E-state index contributed by atoms with van der Waals surface area (Å²) in [5, 5.41) is 2.56. The summed E-state index contributed by atoms with van der Waals surface area (Å²) in [4.78, 5) is 9.78. The molecule has 3 heteroatoms. The molecule has 42 valence electrons. The number of nitrogens with one attached hydrogen (secondary N) is 1. The van der Waals surface area contributed by atoms with Crippen LogP contribution in [0, 0.1) is 0 Å². The van der Waals surface area contributed by atoms with Gasteiger partial charge in [0.1, 0.15) is 6.04 Å². The van der Waals surface area contributed by atoms with E-state index >= 15 is 0 Å². The fourth-order valence-corrected chi connectivity index (χ4v) is 0.172. The molecule has 3 N–H and O–H groups in total. The third kappa shape index (κ3) is 2.17. The number of rotatable bonds is 0. The summed E-state index contributed by atoms with van der Waals surface area (Å²) in [6.07, 6.45) is 0. The minimum absolute atomic E-state index is 0.162. The standard InChI is InChI=1S/C3H5NO.CH5N/c1-2-3(5)4-2;1-2/h2H,1H3,(H,4,5);2H2,1H3. The first-order valence-corrected chi connectivity index (χ1v) is 2.19. The highest BCUT2D eigenvalue weighted by molar-refractivity contribution is 5.95. The Morgan fingerprint density at radius 2 is 1.86 bits per heavy atom. The number of carbonyl (C=O) groups is 1. The molecule has 0 spiro atoms. The molecular weight excluding hydrogens is 92.1 g/mol. The zero-order chi connectivity index (χ0) is 5.86. The number of hydrogen-bond donors (Lipinski definition) is 2. The van der Waals surface area contributed by atoms with Gasteiger partial charge < -0.3 is 11.1 Å². The Morgan fingerprint density at radius 3 is 1.86 bits per heavy atom. The third-order valence-corrected chi connectivity index (χ3v) is 0.669. The summed E-state index contributed by atoms with van der Waals surface area (Å²) in [5.74, 6) is 0.171. The molecule has 0 aromatic carbocycles. The minimum atomic E-state index is 0.162. The Labute approximate surface area is 42.9 Å². The van der Waals surface area contributed by atoms with Crippen LogP contribution in [-0.2, 0) is 4.79 Å². The van der Waals surface area contributed by atoms with Crippen molar-refractivity contribution in [3.05, 3.63) is 0 Å². The molecule has 1 saturated heterocycles. The van der Waals surface area contributed by atoms with E-state index in [2.05, 4.69) is 11.1 Å². The van der Waals surface area contributed by atoms with Crippen LogP contribution in [0.5, 0.6) is 0 Å². The highest BCUT2D eigenvalue weighted by Crippen LogP contribution is 1.93. The Bertz CT molecular complexity index is 72.1. The maximum Gasteiger partial charge on any atom is 0.242 e. The number of hydrogen-bond acceptors (Lipinski definition) is 2. The molecule has 1 atom stereocenters. The van der Waals surface area contributed by atoms with Crippen LogP contribution in [0.25, 0.3) is 0 Å². The van der Waals surface area contributed by atoms with Gasteiger partial charge >= 0.3 is 0 Å². The zero-order valence-electron chi connectivity index (χ0n) is 4.56. The molecule has 1 aliphatic rings. The second kappa shape index (κ2) is 2.58. The Balaban J connectivity index is 0.000000162. The van der Waals surface area contributed by atoms with E-state index in [0.29, 0.717) is 0 Å². The van der Waals surface area contributed by atoms with Crippen LogP contribution in [-0.4, -0.2) is 19.0 Å². The van der Waals surface area contributed by atoms with Crippen molar-refractivity contribution in [1.82, 2.24) is 5.32 Å². The monoisotopic (exact) mass is 102 g/mol. The lowest BCUT2D eigenvalue weighted by molar-refractivity contribution is -0.110. The summed E-state index contributed by atoms with van der Waals surface area (Å²) in [7, 11) is 1.50. The lowest BCUT2D eigenvalue weighted by Gasteiger charge is -1.49. The predicted octanol–water partition coefficient (Wildman–Crippen LogP) is -0.920. The highest BCUT2D eigenvalue weighted by Gasteiger charge is 2.26. The van der Waals surface area contributed by atoms with Gasteiger partial charge in [-0.15, -0.1) is 0 Å². The SMILES string of the molecule is CC1NC1=O.CN. The molecule has 1 fully saturated rings. The molecule has 0 saturated carbocycles. The molecule has 0 radical (unpaired) electrons. The van der Waals surface area contributed by atoms with Gasteiger partial charge in [0.05, 0.1) is 0 Å². The summed E-state index contributed by atoms with van der Waals surface area (Å²) >= 11 is 0. The first-order chi connectivity index (χ1) is 3.30. The molecule has 1 aliphatic heterocycles. The second-order valence-corrected chi connectivity index (χ2v) is 1.23. The van der Waals surface area contributed by atoms with Gasteiger partial charge in [-0.05, 0) is 14.0 Å². The first kappa shape index (κ1) is 6.43. The summed E-state index contributed by atoms with van der Waals surface area (Å²) in [5.41, 5.74) is 4.50. The minimum Gasteiger partial charge on any atom is -0.343 e. The molecule has 1 heterocycles. The molecule has 0 bridgehead atoms. The Hall–Kier alpha value is -0.570. The van der Waals surface area contributed by atoms with Crippen molar-refractivity contribution in [2.45, 2.75) is 13.0 Å². The Morgan fingerprint density at radius 1 is 1.71 bits per heavy atom. The third-order valence-electron chi connectivity index (χ3n) is 0.669. The van der Waals surface area contributed by atoms with Crippen molar-refractivity contribution >= 4 is 5.91 Å². The summed E-state index contributed by atoms with van der Waals surface area (Å²) < 4.78 is 0. The van der Waals surface area contributed by atoms with Gasteiger partial charge in [-0.25, -0.2) is 0 Å². The molecule has 1 amide bonds. The smallest absolute Gasteiger partial charge is 0.242 e. The van der Waals surface area contributed by atoms with Crippen molar-refractivity contribution in [3.63, 3.8) is 0 Å². The van der Waals surface area contributed by atoms with Gasteiger partial charge in [0.15, 0.2) is 0 Å². The molecule has 1 rings (SSSR count). The summed E-state index contributed by atoms with van der Waals surface area (Å²) in [6.45, 7) is 1.84. The number of nitrogens with two attached hydrogens (primary N) is 1. The van der Waals surface area contributed by atoms with Crippen LogP contribution in [0.3, 0.4) is 0 Å². The van der Waals surface area contributed by atoms with E-state index in [-0.39, 0.29) is 11.9 Å². The van der Waals surface area contributed by atoms with E-state index in [4.69, 9.17) is 0 Å². The van der Waals surface area contributed by atoms with Gasteiger partial charge in [-0.1, -0.05) is 0 Å². The first-order valence-electron chi connectivity index (χ1n) is 2.19. The van der Waals surface area contributed by atoms with E-state index in [1.807, 2.05) is 6.92 Å². The van der Waals surface area contributed by atoms with Crippen LogP contribution >= 0.6 is 0 Å². The maximum atomic E-state index is 9.78. The lowest BCUT2D eigenvalue weighted by atomic mass is 10.6. The molecule has 0 aromatic heterocycles. The van der Waals surface area contributed by atoms with Crippen LogP contribution in [0.4, 0.5) is 0 Å². The van der Waals surface area contributed by atoms with Gasteiger partial charge in [0, 0.05) is 0 Å². The van der Waals surface area contributed by atoms with Crippen LogP contribution in [0.1, 0.15) is 6.92 Å². The van der Waals surface area contributed by atoms with E-state index in [9.17, 15) is 4.79 Å². The van der Waals surface area contributed by atoms with Crippen LogP contribution in [0.15, 0.2) is 0 Å². The van der Waals surface area contributed by atoms with Gasteiger partial charge in [0.2, 0.25) is 5.91 Å². The zero-order valence-corrected chi connectivity index (χ0v) is 4.56. The van der Waals surface area contributed by atoms with Crippen molar-refractivity contribution in [1.29, 1.82) is 0 Å². The maximum absolute atomic E-state index is 9.78. The normalized spacial score (nSPS) is 24.4. The predicted molar refractivity (Wildman–Crippen MR) is 27.7 cm³/mol. The molecule has 7 heavy (non-hydrogen) atoms.